The highest BCUT2D eigenvalue weighted by Crippen LogP contribution is 2.45. The van der Waals surface area contributed by atoms with Gasteiger partial charge in [-0.2, -0.15) is 13.2 Å². The maximum absolute atomic E-state index is 13.7. The largest absolute Gasteiger partial charge is 0.413 e. The van der Waals surface area contributed by atoms with Gasteiger partial charge >= 0.3 is 11.9 Å². The summed E-state index contributed by atoms with van der Waals surface area (Å²) in [6.45, 7) is 5.27. The van der Waals surface area contributed by atoms with Gasteiger partial charge in [-0.15, -0.1) is 0 Å². The monoisotopic (exact) mass is 439 g/mol. The molecule has 2 unspecified atom stereocenters. The average Bonchev–Trinajstić information content (AvgIpc) is 2.87. The molecule has 0 fully saturated rings. The van der Waals surface area contributed by atoms with Crippen molar-refractivity contribution in [1.82, 2.24) is 14.5 Å². The lowest BCUT2D eigenvalue weighted by atomic mass is 9.82. The number of alkyl halides is 3. The second-order valence-electron chi connectivity index (χ2n) is 8.15. The number of halogens is 3. The molecule has 0 radical (unpaired) electrons. The van der Waals surface area contributed by atoms with E-state index >= 15 is 0 Å². The minimum absolute atomic E-state index is 0.168. The van der Waals surface area contributed by atoms with E-state index in [9.17, 15) is 22.8 Å². The van der Waals surface area contributed by atoms with Gasteiger partial charge in [0, 0.05) is 36.8 Å². The smallest absolute Gasteiger partial charge is 0.332 e. The average molecular weight is 439 g/mol. The van der Waals surface area contributed by atoms with Crippen LogP contribution in [0.15, 0.2) is 37.5 Å². The third-order valence-corrected chi connectivity index (χ3v) is 6.07. The molecule has 7 nitrogen and oxygen atoms in total. The first-order valence-electron chi connectivity index (χ1n) is 10.3. The predicted octanol–water partition coefficient (Wildman–Crippen LogP) is 3.03. The van der Waals surface area contributed by atoms with Crippen LogP contribution in [0.25, 0.3) is 0 Å². The van der Waals surface area contributed by atoms with Crippen LogP contribution in [-0.4, -0.2) is 39.0 Å². The van der Waals surface area contributed by atoms with Crippen molar-refractivity contribution in [2.45, 2.75) is 58.7 Å². The minimum atomic E-state index is -4.42. The number of nitrogens with two attached hydrogens (primary N) is 1. The van der Waals surface area contributed by atoms with Crippen LogP contribution in [0.4, 0.5) is 19.0 Å². The van der Waals surface area contributed by atoms with E-state index in [1.807, 2.05) is 0 Å². The van der Waals surface area contributed by atoms with E-state index in [0.717, 1.165) is 5.57 Å². The van der Waals surface area contributed by atoms with Gasteiger partial charge in [0.1, 0.15) is 11.7 Å². The topological polar surface area (TPSA) is 96.5 Å². The lowest BCUT2D eigenvalue weighted by molar-refractivity contribution is -0.0989. The fourth-order valence-corrected chi connectivity index (χ4v) is 4.40. The number of H-pyrrole nitrogens is 1. The third kappa shape index (κ3) is 4.39. The van der Waals surface area contributed by atoms with E-state index in [-0.39, 0.29) is 30.3 Å². The van der Waals surface area contributed by atoms with E-state index in [2.05, 4.69) is 9.98 Å². The number of nitrogens with zero attached hydrogens (tertiary/aromatic N) is 3. The van der Waals surface area contributed by atoms with Crippen LogP contribution in [0.5, 0.6) is 0 Å². The van der Waals surface area contributed by atoms with Crippen molar-refractivity contribution >= 4 is 11.7 Å². The second kappa shape index (κ2) is 8.49. The van der Waals surface area contributed by atoms with Crippen molar-refractivity contribution in [2.75, 3.05) is 6.54 Å². The number of hydrogen-bond donors (Lipinski definition) is 2. The zero-order valence-corrected chi connectivity index (χ0v) is 18.1. The standard InChI is InChI=1S/C21H28F3N5O2/c1-5-15-16(21(22,23)24)9-7-13-6-8-14(25)10-29(17(13)15)12(3)26-18-11(2)19(30)27-20(31)28(18)4/h9,14-15H,5-8,10,25H2,1-4H3,(H,27,30,31)/b26-12+. The SMILES string of the molecule is CCC1C(C(F)(F)F)=CCC2=C1N(/C(C)=N/c1c(C)c(=O)[nH]c(=O)n1C)CC(N)CC2. The number of aromatic amines is 1. The Kier molecular flexibility index (Phi) is 6.31. The number of nitrogens with one attached hydrogen (secondary N) is 1. The van der Waals surface area contributed by atoms with E-state index in [0.29, 0.717) is 30.9 Å². The lowest BCUT2D eigenvalue weighted by Crippen LogP contribution is -2.42. The summed E-state index contributed by atoms with van der Waals surface area (Å²) in [5.74, 6) is -0.250. The lowest BCUT2D eigenvalue weighted by Gasteiger charge is -2.37. The molecule has 170 valence electrons. The Morgan fingerprint density at radius 2 is 2.03 bits per heavy atom. The van der Waals surface area contributed by atoms with Gasteiger partial charge in [0.15, 0.2) is 0 Å². The molecule has 3 N–H and O–H groups in total. The number of rotatable bonds is 2. The Bertz CT molecular complexity index is 1040. The summed E-state index contributed by atoms with van der Waals surface area (Å²) in [5, 5.41) is 0. The maximum Gasteiger partial charge on any atom is 0.413 e. The highest BCUT2D eigenvalue weighted by Gasteiger charge is 2.43. The first kappa shape index (κ1) is 23.1. The van der Waals surface area contributed by atoms with Gasteiger partial charge in [-0.3, -0.25) is 14.3 Å². The molecule has 1 aromatic heterocycles. The molecule has 0 saturated carbocycles. The first-order valence-corrected chi connectivity index (χ1v) is 10.3. The number of hydrogen-bond acceptors (Lipinski definition) is 4. The zero-order valence-electron chi connectivity index (χ0n) is 18.1. The summed E-state index contributed by atoms with van der Waals surface area (Å²) in [5.41, 5.74) is 6.33. The fraction of sp³-hybridized carbons (Fsp3) is 0.571. The normalized spacial score (nSPS) is 22.9. The van der Waals surface area contributed by atoms with Gasteiger partial charge in [-0.05, 0) is 45.1 Å². The molecular weight excluding hydrogens is 411 g/mol. The quantitative estimate of drug-likeness (QED) is 0.421. The van der Waals surface area contributed by atoms with E-state index in [4.69, 9.17) is 5.73 Å². The molecule has 0 saturated heterocycles. The van der Waals surface area contributed by atoms with Gasteiger partial charge in [0.05, 0.1) is 5.56 Å². The summed E-state index contributed by atoms with van der Waals surface area (Å²) in [4.78, 5) is 32.5. The van der Waals surface area contributed by atoms with Gasteiger partial charge < -0.3 is 10.6 Å². The molecule has 0 aromatic carbocycles. The summed E-state index contributed by atoms with van der Waals surface area (Å²) in [7, 11) is 1.48. The van der Waals surface area contributed by atoms with Gasteiger partial charge in [-0.1, -0.05) is 13.0 Å². The molecule has 1 aliphatic heterocycles. The maximum atomic E-state index is 13.7. The number of amidine groups is 1. The molecule has 2 aliphatic rings. The van der Waals surface area contributed by atoms with Crippen molar-refractivity contribution in [1.29, 1.82) is 0 Å². The number of aromatic nitrogens is 2. The molecular formula is C21H28F3N5O2. The molecule has 1 aromatic rings. The molecule has 3 rings (SSSR count). The highest BCUT2D eigenvalue weighted by molar-refractivity contribution is 5.84. The molecule has 0 bridgehead atoms. The Hall–Kier alpha value is -2.62. The van der Waals surface area contributed by atoms with Crippen molar-refractivity contribution in [3.05, 3.63) is 49.3 Å². The molecule has 0 spiro atoms. The summed E-state index contributed by atoms with van der Waals surface area (Å²) < 4.78 is 42.4. The molecule has 2 atom stereocenters. The van der Waals surface area contributed by atoms with Crippen LogP contribution >= 0.6 is 0 Å². The molecule has 1 aliphatic carbocycles. The summed E-state index contributed by atoms with van der Waals surface area (Å²) in [6.07, 6.45) is -1.33. The second-order valence-corrected chi connectivity index (χ2v) is 8.15. The van der Waals surface area contributed by atoms with Gasteiger partial charge in [0.25, 0.3) is 5.56 Å². The van der Waals surface area contributed by atoms with E-state index in [1.165, 1.54) is 17.7 Å². The Morgan fingerprint density at radius 1 is 1.35 bits per heavy atom. The zero-order chi connectivity index (χ0) is 23.1. The van der Waals surface area contributed by atoms with E-state index < -0.39 is 28.9 Å². The summed E-state index contributed by atoms with van der Waals surface area (Å²) >= 11 is 0. The van der Waals surface area contributed by atoms with Crippen molar-refractivity contribution < 1.29 is 13.2 Å². The van der Waals surface area contributed by atoms with Crippen LogP contribution in [-0.2, 0) is 7.05 Å². The van der Waals surface area contributed by atoms with Gasteiger partial charge in [0.2, 0.25) is 0 Å². The fourth-order valence-electron chi connectivity index (χ4n) is 4.40. The first-order chi connectivity index (χ1) is 14.5. The molecule has 10 heteroatoms. The van der Waals surface area contributed by atoms with E-state index in [1.54, 1.807) is 25.7 Å². The van der Waals surface area contributed by atoms with Crippen LogP contribution in [0.2, 0.25) is 0 Å². The molecule has 31 heavy (non-hydrogen) atoms. The van der Waals surface area contributed by atoms with Crippen LogP contribution in [0.3, 0.4) is 0 Å². The Morgan fingerprint density at radius 3 is 2.65 bits per heavy atom. The summed E-state index contributed by atoms with van der Waals surface area (Å²) in [6, 6.07) is -0.244. The molecule has 2 heterocycles. The number of allylic oxidation sites excluding steroid dienone is 3. The predicted molar refractivity (Wildman–Crippen MR) is 113 cm³/mol. The van der Waals surface area contributed by atoms with Gasteiger partial charge in [-0.25, -0.2) is 9.79 Å². The van der Waals surface area contributed by atoms with Crippen molar-refractivity contribution in [2.24, 2.45) is 23.7 Å². The van der Waals surface area contributed by atoms with Crippen LogP contribution in [0.1, 0.15) is 45.1 Å². The number of aliphatic imine (C=N–C) groups is 1. The van der Waals surface area contributed by atoms with Crippen LogP contribution in [0, 0.1) is 12.8 Å². The van der Waals surface area contributed by atoms with Crippen molar-refractivity contribution in [3.8, 4) is 0 Å². The third-order valence-electron chi connectivity index (χ3n) is 6.07. The Labute approximate surface area is 178 Å². The molecule has 0 amide bonds. The highest BCUT2D eigenvalue weighted by atomic mass is 19.4. The Balaban J connectivity index is 2.15. The van der Waals surface area contributed by atoms with Crippen LogP contribution < -0.4 is 17.0 Å². The van der Waals surface area contributed by atoms with Crippen molar-refractivity contribution in [3.63, 3.8) is 0 Å². The minimum Gasteiger partial charge on any atom is -0.332 e.